The van der Waals surface area contributed by atoms with Crippen LogP contribution >= 0.6 is 0 Å². The molecule has 27 heavy (non-hydrogen) atoms. The summed E-state index contributed by atoms with van der Waals surface area (Å²) in [5.41, 5.74) is 4.41. The molecular weight excluding hydrogens is 342 g/mol. The van der Waals surface area contributed by atoms with E-state index in [1.54, 1.807) is 0 Å². The molecule has 2 amide bonds. The van der Waals surface area contributed by atoms with E-state index < -0.39 is 0 Å². The van der Waals surface area contributed by atoms with E-state index in [1.807, 2.05) is 36.1 Å². The molecule has 0 spiro atoms. The standard InChI is InChI=1S/C20H25N5O2/c1-13-2-4-14(5-3-13)20(27)25-10-7-15(8-11-25)22-19(26)18-16-6-9-21-12-17(16)23-24-18/h2-5,15,21H,6-12H2,1H3,(H,22,26)(H,23,24). The average Bonchev–Trinajstić information content (AvgIpc) is 3.13. The Labute approximate surface area is 158 Å². The second kappa shape index (κ2) is 7.52. The number of aryl methyl sites for hydroxylation is 1. The van der Waals surface area contributed by atoms with Crippen molar-refractivity contribution < 1.29 is 9.59 Å². The number of carbonyl (C=O) groups excluding carboxylic acids is 2. The van der Waals surface area contributed by atoms with E-state index in [4.69, 9.17) is 0 Å². The molecule has 7 heteroatoms. The van der Waals surface area contributed by atoms with Gasteiger partial charge in [-0.1, -0.05) is 17.7 Å². The highest BCUT2D eigenvalue weighted by Gasteiger charge is 2.27. The Kier molecular flexibility index (Phi) is 4.94. The van der Waals surface area contributed by atoms with Gasteiger partial charge in [0.1, 0.15) is 0 Å². The molecule has 3 N–H and O–H groups in total. The Morgan fingerprint density at radius 3 is 2.67 bits per heavy atom. The Bertz CT molecular complexity index is 835. The number of likely N-dealkylation sites (tertiary alicyclic amines) is 1. The van der Waals surface area contributed by atoms with E-state index in [9.17, 15) is 9.59 Å². The van der Waals surface area contributed by atoms with Gasteiger partial charge < -0.3 is 15.5 Å². The molecule has 2 aliphatic heterocycles. The van der Waals surface area contributed by atoms with E-state index in [0.717, 1.165) is 54.7 Å². The van der Waals surface area contributed by atoms with E-state index in [1.165, 1.54) is 0 Å². The lowest BCUT2D eigenvalue weighted by molar-refractivity contribution is 0.0697. The van der Waals surface area contributed by atoms with Crippen LogP contribution in [-0.4, -0.2) is 52.6 Å². The van der Waals surface area contributed by atoms with Crippen LogP contribution in [0.25, 0.3) is 0 Å². The molecule has 2 aliphatic rings. The second-order valence-electron chi connectivity index (χ2n) is 7.36. The number of piperidine rings is 1. The normalized spacial score (nSPS) is 17.4. The molecule has 0 saturated carbocycles. The molecule has 0 bridgehead atoms. The summed E-state index contributed by atoms with van der Waals surface area (Å²) in [5, 5.41) is 13.5. The molecule has 142 valence electrons. The summed E-state index contributed by atoms with van der Waals surface area (Å²) in [6.45, 7) is 4.91. The lowest BCUT2D eigenvalue weighted by atomic mass is 10.0. The predicted octanol–water partition coefficient (Wildman–Crippen LogP) is 1.40. The summed E-state index contributed by atoms with van der Waals surface area (Å²) in [6.07, 6.45) is 2.34. The maximum absolute atomic E-state index is 12.6. The lowest BCUT2D eigenvalue weighted by Gasteiger charge is -2.32. The van der Waals surface area contributed by atoms with Gasteiger partial charge in [-0.05, 0) is 44.9 Å². The molecule has 1 aromatic carbocycles. The number of hydrogen-bond acceptors (Lipinski definition) is 4. The van der Waals surface area contributed by atoms with Gasteiger partial charge in [-0.3, -0.25) is 14.7 Å². The van der Waals surface area contributed by atoms with Crippen LogP contribution in [0.3, 0.4) is 0 Å². The molecule has 3 heterocycles. The van der Waals surface area contributed by atoms with Crippen LogP contribution in [0.2, 0.25) is 0 Å². The number of benzene rings is 1. The minimum Gasteiger partial charge on any atom is -0.348 e. The number of nitrogens with zero attached hydrogens (tertiary/aromatic N) is 2. The third-order valence-corrected chi connectivity index (χ3v) is 5.44. The zero-order valence-electron chi connectivity index (χ0n) is 15.5. The quantitative estimate of drug-likeness (QED) is 0.765. The fraction of sp³-hybridized carbons (Fsp3) is 0.450. The molecule has 0 unspecified atom stereocenters. The van der Waals surface area contributed by atoms with E-state index in [-0.39, 0.29) is 17.9 Å². The van der Waals surface area contributed by atoms with Gasteiger partial charge in [-0.2, -0.15) is 5.10 Å². The first-order valence-electron chi connectivity index (χ1n) is 9.55. The zero-order chi connectivity index (χ0) is 18.8. The first kappa shape index (κ1) is 17.7. The molecule has 0 radical (unpaired) electrons. The number of hydrogen-bond donors (Lipinski definition) is 3. The molecule has 0 atom stereocenters. The number of H-pyrrole nitrogens is 1. The van der Waals surface area contributed by atoms with Gasteiger partial charge in [0.05, 0.1) is 5.69 Å². The number of aromatic nitrogens is 2. The van der Waals surface area contributed by atoms with Crippen molar-refractivity contribution in [3.8, 4) is 0 Å². The predicted molar refractivity (Wildman–Crippen MR) is 102 cm³/mol. The summed E-state index contributed by atoms with van der Waals surface area (Å²) < 4.78 is 0. The van der Waals surface area contributed by atoms with Crippen molar-refractivity contribution in [3.63, 3.8) is 0 Å². The van der Waals surface area contributed by atoms with Crippen molar-refractivity contribution in [1.82, 2.24) is 25.7 Å². The summed E-state index contributed by atoms with van der Waals surface area (Å²) in [7, 11) is 0. The third-order valence-electron chi connectivity index (χ3n) is 5.44. The van der Waals surface area contributed by atoms with Gasteiger partial charge in [0.2, 0.25) is 0 Å². The van der Waals surface area contributed by atoms with Crippen LogP contribution in [0.4, 0.5) is 0 Å². The number of fused-ring (bicyclic) bond motifs is 1. The van der Waals surface area contributed by atoms with Gasteiger partial charge >= 0.3 is 0 Å². The highest BCUT2D eigenvalue weighted by molar-refractivity contribution is 5.95. The number of nitrogens with one attached hydrogen (secondary N) is 3. The third kappa shape index (κ3) is 3.73. The van der Waals surface area contributed by atoms with Crippen LogP contribution in [-0.2, 0) is 13.0 Å². The molecule has 4 rings (SSSR count). The summed E-state index contributed by atoms with van der Waals surface area (Å²) in [6, 6.07) is 7.75. The Morgan fingerprint density at radius 1 is 1.19 bits per heavy atom. The van der Waals surface area contributed by atoms with Crippen molar-refractivity contribution in [3.05, 3.63) is 52.3 Å². The molecule has 1 saturated heterocycles. The van der Waals surface area contributed by atoms with Crippen molar-refractivity contribution >= 4 is 11.8 Å². The SMILES string of the molecule is Cc1ccc(C(=O)N2CCC(NC(=O)c3n[nH]c4c3CCNC4)CC2)cc1. The van der Waals surface area contributed by atoms with E-state index in [0.29, 0.717) is 18.8 Å². The summed E-state index contributed by atoms with van der Waals surface area (Å²) >= 11 is 0. The first-order chi connectivity index (χ1) is 13.1. The van der Waals surface area contributed by atoms with E-state index >= 15 is 0 Å². The highest BCUT2D eigenvalue weighted by Crippen LogP contribution is 2.18. The Balaban J connectivity index is 1.33. The van der Waals surface area contributed by atoms with Crippen LogP contribution in [0.15, 0.2) is 24.3 Å². The van der Waals surface area contributed by atoms with Crippen LogP contribution < -0.4 is 10.6 Å². The van der Waals surface area contributed by atoms with Crippen LogP contribution in [0.5, 0.6) is 0 Å². The monoisotopic (exact) mass is 367 g/mol. The van der Waals surface area contributed by atoms with Gasteiger partial charge in [0, 0.05) is 36.8 Å². The van der Waals surface area contributed by atoms with E-state index in [2.05, 4.69) is 20.8 Å². The minimum atomic E-state index is -0.113. The number of aromatic amines is 1. The molecular formula is C20H25N5O2. The van der Waals surface area contributed by atoms with Gasteiger partial charge in [0.25, 0.3) is 11.8 Å². The second-order valence-corrected chi connectivity index (χ2v) is 7.36. The number of amides is 2. The number of carbonyl (C=O) groups is 2. The lowest BCUT2D eigenvalue weighted by Crippen LogP contribution is -2.46. The maximum atomic E-state index is 12.6. The van der Waals surface area contributed by atoms with Crippen molar-refractivity contribution in [2.45, 2.75) is 38.8 Å². The fourth-order valence-electron chi connectivity index (χ4n) is 3.79. The van der Waals surface area contributed by atoms with Gasteiger partial charge in [-0.25, -0.2) is 0 Å². The topological polar surface area (TPSA) is 90.1 Å². The largest absolute Gasteiger partial charge is 0.348 e. The minimum absolute atomic E-state index is 0.0636. The maximum Gasteiger partial charge on any atom is 0.272 e. The number of rotatable bonds is 3. The van der Waals surface area contributed by atoms with Crippen LogP contribution in [0.1, 0.15) is 50.5 Å². The van der Waals surface area contributed by atoms with Crippen molar-refractivity contribution in [1.29, 1.82) is 0 Å². The Morgan fingerprint density at radius 2 is 1.93 bits per heavy atom. The van der Waals surface area contributed by atoms with Crippen molar-refractivity contribution in [2.75, 3.05) is 19.6 Å². The summed E-state index contributed by atoms with van der Waals surface area (Å²) in [5.74, 6) is -0.0497. The van der Waals surface area contributed by atoms with Crippen LogP contribution in [0, 0.1) is 6.92 Å². The molecule has 7 nitrogen and oxygen atoms in total. The molecule has 0 aliphatic carbocycles. The molecule has 1 aromatic heterocycles. The molecule has 2 aromatic rings. The first-order valence-corrected chi connectivity index (χ1v) is 9.55. The zero-order valence-corrected chi connectivity index (χ0v) is 15.5. The smallest absolute Gasteiger partial charge is 0.272 e. The van der Waals surface area contributed by atoms with Crippen molar-refractivity contribution in [2.24, 2.45) is 0 Å². The van der Waals surface area contributed by atoms with Gasteiger partial charge in [0.15, 0.2) is 5.69 Å². The Hall–Kier alpha value is -2.67. The average molecular weight is 367 g/mol. The highest BCUT2D eigenvalue weighted by atomic mass is 16.2. The molecule has 1 fully saturated rings. The summed E-state index contributed by atoms with van der Waals surface area (Å²) in [4.78, 5) is 27.1. The fourth-order valence-corrected chi connectivity index (χ4v) is 3.79. The van der Waals surface area contributed by atoms with Gasteiger partial charge in [-0.15, -0.1) is 0 Å².